The second-order valence-electron chi connectivity index (χ2n) is 6.16. The van der Waals surface area contributed by atoms with Crippen molar-refractivity contribution in [2.45, 2.75) is 18.9 Å². The van der Waals surface area contributed by atoms with E-state index in [0.29, 0.717) is 24.7 Å². The van der Waals surface area contributed by atoms with Gasteiger partial charge in [0, 0.05) is 18.8 Å². The van der Waals surface area contributed by atoms with Gasteiger partial charge in [0.1, 0.15) is 6.10 Å². The van der Waals surface area contributed by atoms with E-state index in [0.717, 1.165) is 23.4 Å². The monoisotopic (exact) mass is 385 g/mol. The maximum absolute atomic E-state index is 12.8. The molecule has 0 aliphatic carbocycles. The van der Waals surface area contributed by atoms with Crippen LogP contribution >= 0.6 is 11.3 Å². The molecule has 1 fully saturated rings. The number of likely N-dealkylation sites (tertiary alicyclic amines) is 1. The van der Waals surface area contributed by atoms with Crippen molar-refractivity contribution < 1.29 is 14.3 Å². The molecule has 4 heterocycles. The van der Waals surface area contributed by atoms with Crippen LogP contribution in [0.3, 0.4) is 0 Å². The van der Waals surface area contributed by atoms with Gasteiger partial charge in [-0.05, 0) is 30.4 Å². The highest BCUT2D eigenvalue weighted by Crippen LogP contribution is 2.24. The zero-order valence-electron chi connectivity index (χ0n) is 14.8. The van der Waals surface area contributed by atoms with Gasteiger partial charge >= 0.3 is 6.01 Å². The van der Waals surface area contributed by atoms with Crippen LogP contribution in [0.25, 0.3) is 10.6 Å². The van der Waals surface area contributed by atoms with Crippen molar-refractivity contribution in [1.82, 2.24) is 25.1 Å². The quantitative estimate of drug-likeness (QED) is 0.726. The van der Waals surface area contributed by atoms with Gasteiger partial charge in [-0.15, -0.1) is 11.3 Å². The molecule has 27 heavy (non-hydrogen) atoms. The molecule has 0 aromatic carbocycles. The van der Waals surface area contributed by atoms with Crippen molar-refractivity contribution in [2.24, 2.45) is 0 Å². The molecule has 1 aliphatic rings. The number of piperidine rings is 1. The van der Waals surface area contributed by atoms with Crippen LogP contribution in [0.15, 0.2) is 35.8 Å². The molecule has 4 rings (SSSR count). The normalized spacial score (nSPS) is 16.9. The summed E-state index contributed by atoms with van der Waals surface area (Å²) >= 11 is 1.60. The summed E-state index contributed by atoms with van der Waals surface area (Å²) in [6, 6.07) is 7.71. The SMILES string of the molecule is COc1nccc(OC2CCCN(C(=O)c3cc(-c4cccs4)[nH]n3)C2)n1. The van der Waals surface area contributed by atoms with Crippen molar-refractivity contribution in [3.63, 3.8) is 0 Å². The number of carbonyl (C=O) groups is 1. The number of carbonyl (C=O) groups excluding carboxylic acids is 1. The minimum atomic E-state index is -0.127. The fourth-order valence-electron chi connectivity index (χ4n) is 3.03. The number of methoxy groups -OCH3 is 1. The van der Waals surface area contributed by atoms with E-state index in [-0.39, 0.29) is 18.0 Å². The van der Waals surface area contributed by atoms with Crippen LogP contribution in [-0.2, 0) is 0 Å². The molecule has 8 nitrogen and oxygen atoms in total. The maximum Gasteiger partial charge on any atom is 0.319 e. The third-order valence-electron chi connectivity index (χ3n) is 4.33. The molecule has 1 atom stereocenters. The lowest BCUT2D eigenvalue weighted by Crippen LogP contribution is -2.44. The molecule has 3 aromatic rings. The van der Waals surface area contributed by atoms with Gasteiger partial charge in [-0.25, -0.2) is 4.98 Å². The van der Waals surface area contributed by atoms with Crippen LogP contribution in [0, 0.1) is 0 Å². The Morgan fingerprint density at radius 3 is 3.15 bits per heavy atom. The molecule has 0 saturated carbocycles. The highest BCUT2D eigenvalue weighted by Gasteiger charge is 2.27. The van der Waals surface area contributed by atoms with Gasteiger partial charge in [-0.2, -0.15) is 10.1 Å². The Balaban J connectivity index is 1.42. The second-order valence-corrected chi connectivity index (χ2v) is 7.11. The smallest absolute Gasteiger partial charge is 0.319 e. The van der Waals surface area contributed by atoms with E-state index in [1.54, 1.807) is 34.6 Å². The maximum atomic E-state index is 12.8. The van der Waals surface area contributed by atoms with Gasteiger partial charge in [0.2, 0.25) is 5.88 Å². The third-order valence-corrected chi connectivity index (χ3v) is 5.23. The number of H-pyrrole nitrogens is 1. The molecule has 0 spiro atoms. The molecule has 1 N–H and O–H groups in total. The van der Waals surface area contributed by atoms with Crippen molar-refractivity contribution >= 4 is 17.2 Å². The average Bonchev–Trinajstić information content (AvgIpc) is 3.39. The van der Waals surface area contributed by atoms with Crippen LogP contribution in [-0.4, -0.2) is 57.3 Å². The van der Waals surface area contributed by atoms with Crippen molar-refractivity contribution in [1.29, 1.82) is 0 Å². The third kappa shape index (κ3) is 3.92. The number of rotatable bonds is 5. The summed E-state index contributed by atoms with van der Waals surface area (Å²) in [5, 5.41) is 9.13. The van der Waals surface area contributed by atoms with Crippen molar-refractivity contribution in [3.8, 4) is 22.5 Å². The van der Waals surface area contributed by atoms with Crippen molar-refractivity contribution in [2.75, 3.05) is 20.2 Å². The number of amides is 1. The summed E-state index contributed by atoms with van der Waals surface area (Å²) in [6.45, 7) is 1.18. The summed E-state index contributed by atoms with van der Waals surface area (Å²) in [4.78, 5) is 23.8. The molecule has 1 aliphatic heterocycles. The van der Waals surface area contributed by atoms with E-state index >= 15 is 0 Å². The summed E-state index contributed by atoms with van der Waals surface area (Å²) in [5.41, 5.74) is 1.27. The van der Waals surface area contributed by atoms with E-state index in [1.807, 2.05) is 17.5 Å². The Hall–Kier alpha value is -2.94. The fourth-order valence-corrected chi connectivity index (χ4v) is 3.72. The molecular weight excluding hydrogens is 366 g/mol. The van der Waals surface area contributed by atoms with E-state index in [4.69, 9.17) is 9.47 Å². The van der Waals surface area contributed by atoms with Gasteiger partial charge < -0.3 is 14.4 Å². The number of nitrogens with one attached hydrogen (secondary N) is 1. The first kappa shape index (κ1) is 17.5. The minimum absolute atomic E-state index is 0.0948. The van der Waals surface area contributed by atoms with E-state index in [1.165, 1.54) is 7.11 Å². The lowest BCUT2D eigenvalue weighted by Gasteiger charge is -2.32. The van der Waals surface area contributed by atoms with Gasteiger partial charge in [-0.3, -0.25) is 9.89 Å². The van der Waals surface area contributed by atoms with E-state index in [2.05, 4.69) is 20.2 Å². The Kier molecular flexibility index (Phi) is 5.01. The number of thiophene rings is 1. The Morgan fingerprint density at radius 1 is 1.41 bits per heavy atom. The first-order valence-corrected chi connectivity index (χ1v) is 9.53. The predicted octanol–water partition coefficient (Wildman–Crippen LogP) is 2.62. The topological polar surface area (TPSA) is 93.2 Å². The molecule has 9 heteroatoms. The number of hydrogen-bond acceptors (Lipinski definition) is 7. The second kappa shape index (κ2) is 7.75. The number of aromatic nitrogens is 4. The van der Waals surface area contributed by atoms with Crippen LogP contribution in [0.4, 0.5) is 0 Å². The molecule has 140 valence electrons. The number of hydrogen-bond donors (Lipinski definition) is 1. The minimum Gasteiger partial charge on any atom is -0.472 e. The number of ether oxygens (including phenoxy) is 2. The summed E-state index contributed by atoms with van der Waals surface area (Å²) in [6.07, 6.45) is 3.18. The Bertz CT molecular complexity index is 911. The zero-order valence-corrected chi connectivity index (χ0v) is 15.6. The first-order valence-electron chi connectivity index (χ1n) is 8.65. The first-order chi connectivity index (χ1) is 13.2. The largest absolute Gasteiger partial charge is 0.472 e. The van der Waals surface area contributed by atoms with Crippen LogP contribution in [0.1, 0.15) is 23.3 Å². The van der Waals surface area contributed by atoms with Gasteiger partial charge in [-0.1, -0.05) is 6.07 Å². The van der Waals surface area contributed by atoms with E-state index in [9.17, 15) is 4.79 Å². The lowest BCUT2D eigenvalue weighted by molar-refractivity contribution is 0.0520. The van der Waals surface area contributed by atoms with Crippen LogP contribution < -0.4 is 9.47 Å². The number of nitrogens with zero attached hydrogens (tertiary/aromatic N) is 4. The Morgan fingerprint density at radius 2 is 2.33 bits per heavy atom. The molecular formula is C18H19N5O3S. The average molecular weight is 385 g/mol. The predicted molar refractivity (Wildman–Crippen MR) is 100 cm³/mol. The van der Waals surface area contributed by atoms with Crippen LogP contribution in [0.2, 0.25) is 0 Å². The summed E-state index contributed by atoms with van der Waals surface area (Å²) < 4.78 is 10.9. The molecule has 0 radical (unpaired) electrons. The molecule has 1 amide bonds. The zero-order chi connectivity index (χ0) is 18.6. The van der Waals surface area contributed by atoms with Gasteiger partial charge in [0.05, 0.1) is 24.2 Å². The highest BCUT2D eigenvalue weighted by atomic mass is 32.1. The van der Waals surface area contributed by atoms with Crippen molar-refractivity contribution in [3.05, 3.63) is 41.5 Å². The molecule has 1 unspecified atom stereocenters. The standard InChI is InChI=1S/C18H19N5O3S/c1-25-18-19-7-6-16(20-18)26-12-4-2-8-23(11-12)17(24)14-10-13(21-22-14)15-5-3-9-27-15/h3,5-7,9-10,12H,2,4,8,11H2,1H3,(H,21,22). The summed E-state index contributed by atoms with van der Waals surface area (Å²) in [5.74, 6) is 0.350. The van der Waals surface area contributed by atoms with E-state index < -0.39 is 0 Å². The summed E-state index contributed by atoms with van der Waals surface area (Å²) in [7, 11) is 1.51. The van der Waals surface area contributed by atoms with Gasteiger partial charge in [0.25, 0.3) is 5.91 Å². The number of aromatic amines is 1. The Labute approximate surface area is 160 Å². The molecule has 3 aromatic heterocycles. The van der Waals surface area contributed by atoms with Crippen LogP contribution in [0.5, 0.6) is 11.9 Å². The fraction of sp³-hybridized carbons (Fsp3) is 0.333. The lowest BCUT2D eigenvalue weighted by atomic mass is 10.1. The molecule has 1 saturated heterocycles. The highest BCUT2D eigenvalue weighted by molar-refractivity contribution is 7.13. The van der Waals surface area contributed by atoms with Gasteiger partial charge in [0.15, 0.2) is 5.69 Å². The molecule has 0 bridgehead atoms.